The maximum absolute atomic E-state index is 12.7. The van der Waals surface area contributed by atoms with Crippen molar-refractivity contribution in [3.63, 3.8) is 0 Å². The minimum Gasteiger partial charge on any atom is -0.497 e. The zero-order chi connectivity index (χ0) is 18.0. The lowest BCUT2D eigenvalue weighted by molar-refractivity contribution is -0.170. The second-order valence-corrected chi connectivity index (χ2v) is 6.70. The Morgan fingerprint density at radius 3 is 2.52 bits per heavy atom. The van der Waals surface area contributed by atoms with Gasteiger partial charge in [-0.05, 0) is 25.1 Å². The summed E-state index contributed by atoms with van der Waals surface area (Å²) in [4.78, 5) is 12.7. The fourth-order valence-corrected chi connectivity index (χ4v) is 3.17. The van der Waals surface area contributed by atoms with Gasteiger partial charge in [-0.15, -0.1) is 12.4 Å². The van der Waals surface area contributed by atoms with Crippen molar-refractivity contribution in [2.75, 3.05) is 20.8 Å². The smallest absolute Gasteiger partial charge is 0.241 e. The molecule has 7 heteroatoms. The number of amides is 1. The van der Waals surface area contributed by atoms with E-state index in [-0.39, 0.29) is 24.4 Å². The highest BCUT2D eigenvalue weighted by Gasteiger charge is 2.62. The van der Waals surface area contributed by atoms with Gasteiger partial charge in [0.25, 0.3) is 0 Å². The summed E-state index contributed by atoms with van der Waals surface area (Å²) in [6.45, 7) is 6.84. The lowest BCUT2D eigenvalue weighted by atomic mass is 9.54. The average Bonchev–Trinajstić information content (AvgIpc) is 2.58. The molecule has 1 aromatic carbocycles. The molecule has 1 aliphatic carbocycles. The number of hydrogen-bond donors (Lipinski definition) is 2. The lowest BCUT2D eigenvalue weighted by Crippen LogP contribution is -2.75. The number of halogens is 1. The van der Waals surface area contributed by atoms with Crippen LogP contribution in [0.2, 0.25) is 0 Å². The van der Waals surface area contributed by atoms with Gasteiger partial charge in [-0.25, -0.2) is 0 Å². The van der Waals surface area contributed by atoms with E-state index in [2.05, 4.69) is 5.32 Å². The first-order valence-electron chi connectivity index (χ1n) is 8.19. The third kappa shape index (κ3) is 3.86. The molecule has 0 saturated heterocycles. The molecule has 0 spiro atoms. The summed E-state index contributed by atoms with van der Waals surface area (Å²) in [6, 6.07) is 5.48. The molecular weight excluding hydrogens is 344 g/mol. The SMILES string of the molecule is CCOC1CC(N)(C(=O)NCc2cc(OC)ccc2OC)C1(C)C.Cl. The highest BCUT2D eigenvalue weighted by molar-refractivity contribution is 5.88. The van der Waals surface area contributed by atoms with Gasteiger partial charge in [0, 0.05) is 30.6 Å². The monoisotopic (exact) mass is 372 g/mol. The van der Waals surface area contributed by atoms with E-state index in [1.54, 1.807) is 14.2 Å². The standard InChI is InChI=1S/C18H28N2O4.ClH/c1-6-24-15-10-18(19,17(15,2)3)16(21)20-11-12-9-13(22-4)7-8-14(12)23-5;/h7-9,15H,6,10-11,19H2,1-5H3,(H,20,21);1H. The molecule has 0 aromatic heterocycles. The third-order valence-corrected chi connectivity index (χ3v) is 5.16. The van der Waals surface area contributed by atoms with Crippen molar-refractivity contribution >= 4 is 18.3 Å². The van der Waals surface area contributed by atoms with Crippen LogP contribution < -0.4 is 20.5 Å². The molecule has 1 amide bonds. The first kappa shape index (κ1) is 21.5. The molecule has 25 heavy (non-hydrogen) atoms. The Kier molecular flexibility index (Phi) is 7.11. The van der Waals surface area contributed by atoms with Gasteiger partial charge in [-0.3, -0.25) is 4.79 Å². The van der Waals surface area contributed by atoms with Crippen molar-refractivity contribution in [2.24, 2.45) is 11.1 Å². The van der Waals surface area contributed by atoms with E-state index in [0.29, 0.717) is 31.1 Å². The number of nitrogens with two attached hydrogens (primary N) is 1. The molecule has 3 N–H and O–H groups in total. The summed E-state index contributed by atoms with van der Waals surface area (Å²) >= 11 is 0. The van der Waals surface area contributed by atoms with Crippen LogP contribution in [-0.4, -0.2) is 38.4 Å². The number of benzene rings is 1. The van der Waals surface area contributed by atoms with Crippen LogP contribution in [0.15, 0.2) is 18.2 Å². The second-order valence-electron chi connectivity index (χ2n) is 6.70. The summed E-state index contributed by atoms with van der Waals surface area (Å²) in [5.41, 5.74) is 5.88. The van der Waals surface area contributed by atoms with Gasteiger partial charge in [0.05, 0.1) is 20.3 Å². The number of rotatable bonds is 7. The van der Waals surface area contributed by atoms with Crippen LogP contribution >= 0.6 is 12.4 Å². The topological polar surface area (TPSA) is 82.8 Å². The highest BCUT2D eigenvalue weighted by Crippen LogP contribution is 2.49. The molecule has 6 nitrogen and oxygen atoms in total. The quantitative estimate of drug-likeness (QED) is 0.767. The molecule has 1 aromatic rings. The van der Waals surface area contributed by atoms with Gasteiger partial charge in [-0.2, -0.15) is 0 Å². The Bertz CT molecular complexity index is 609. The number of hydrogen-bond acceptors (Lipinski definition) is 5. The number of methoxy groups -OCH3 is 2. The summed E-state index contributed by atoms with van der Waals surface area (Å²) in [5, 5.41) is 2.93. The predicted molar refractivity (Wildman–Crippen MR) is 99.4 cm³/mol. The fraction of sp³-hybridized carbons (Fsp3) is 0.611. The van der Waals surface area contributed by atoms with Gasteiger partial charge in [0.1, 0.15) is 17.0 Å². The summed E-state index contributed by atoms with van der Waals surface area (Å²) in [6.07, 6.45) is 0.527. The van der Waals surface area contributed by atoms with Gasteiger partial charge < -0.3 is 25.3 Å². The van der Waals surface area contributed by atoms with E-state index in [1.807, 2.05) is 39.0 Å². The summed E-state index contributed by atoms with van der Waals surface area (Å²) in [7, 11) is 3.20. The molecule has 1 aliphatic rings. The van der Waals surface area contributed by atoms with Crippen molar-refractivity contribution < 1.29 is 19.0 Å². The Morgan fingerprint density at radius 1 is 1.32 bits per heavy atom. The van der Waals surface area contributed by atoms with Crippen LogP contribution in [0.1, 0.15) is 32.8 Å². The van der Waals surface area contributed by atoms with Gasteiger partial charge in [0.2, 0.25) is 5.91 Å². The normalized spacial score (nSPS) is 23.8. The van der Waals surface area contributed by atoms with Crippen molar-refractivity contribution in [1.82, 2.24) is 5.32 Å². The van der Waals surface area contributed by atoms with E-state index in [4.69, 9.17) is 19.9 Å². The number of carbonyl (C=O) groups excluding carboxylic acids is 1. The van der Waals surface area contributed by atoms with Crippen LogP contribution in [0.5, 0.6) is 11.5 Å². The highest BCUT2D eigenvalue weighted by atomic mass is 35.5. The van der Waals surface area contributed by atoms with Crippen LogP contribution in [0.4, 0.5) is 0 Å². The molecule has 0 heterocycles. The van der Waals surface area contributed by atoms with Gasteiger partial charge >= 0.3 is 0 Å². The largest absolute Gasteiger partial charge is 0.497 e. The molecule has 0 radical (unpaired) electrons. The maximum Gasteiger partial charge on any atom is 0.241 e. The van der Waals surface area contributed by atoms with E-state index < -0.39 is 11.0 Å². The van der Waals surface area contributed by atoms with Crippen LogP contribution in [0.3, 0.4) is 0 Å². The molecule has 0 bridgehead atoms. The third-order valence-electron chi connectivity index (χ3n) is 5.16. The number of nitrogens with one attached hydrogen (secondary N) is 1. The molecule has 2 atom stereocenters. The second kappa shape index (κ2) is 8.25. The van der Waals surface area contributed by atoms with Gasteiger partial charge in [0.15, 0.2) is 0 Å². The first-order chi connectivity index (χ1) is 11.3. The number of ether oxygens (including phenoxy) is 3. The number of carbonyl (C=O) groups is 1. The fourth-order valence-electron chi connectivity index (χ4n) is 3.17. The summed E-state index contributed by atoms with van der Waals surface area (Å²) in [5.74, 6) is 1.23. The molecule has 1 fully saturated rings. The van der Waals surface area contributed by atoms with Crippen LogP contribution in [-0.2, 0) is 16.1 Å². The van der Waals surface area contributed by atoms with Crippen LogP contribution in [0.25, 0.3) is 0 Å². The van der Waals surface area contributed by atoms with E-state index in [9.17, 15) is 4.79 Å². The van der Waals surface area contributed by atoms with Crippen molar-refractivity contribution in [3.05, 3.63) is 23.8 Å². The zero-order valence-electron chi connectivity index (χ0n) is 15.5. The average molecular weight is 373 g/mol. The Hall–Kier alpha value is -1.50. The molecule has 0 aliphatic heterocycles. The van der Waals surface area contributed by atoms with E-state index in [1.165, 1.54) is 0 Å². The Morgan fingerprint density at radius 2 is 2.00 bits per heavy atom. The van der Waals surface area contributed by atoms with Crippen LogP contribution in [0, 0.1) is 5.41 Å². The maximum atomic E-state index is 12.7. The van der Waals surface area contributed by atoms with Gasteiger partial charge in [-0.1, -0.05) is 13.8 Å². The lowest BCUT2D eigenvalue weighted by Gasteiger charge is -2.57. The predicted octanol–water partition coefficient (Wildman–Crippen LogP) is 2.27. The molecular formula is C18H29ClN2O4. The van der Waals surface area contributed by atoms with E-state index in [0.717, 1.165) is 5.56 Å². The minimum absolute atomic E-state index is 0. The Labute approximate surface area is 155 Å². The molecule has 2 unspecified atom stereocenters. The zero-order valence-corrected chi connectivity index (χ0v) is 16.4. The van der Waals surface area contributed by atoms with Crippen molar-refractivity contribution in [1.29, 1.82) is 0 Å². The molecule has 2 rings (SSSR count). The molecule has 142 valence electrons. The minimum atomic E-state index is -0.932. The first-order valence-corrected chi connectivity index (χ1v) is 8.19. The van der Waals surface area contributed by atoms with Crippen molar-refractivity contribution in [2.45, 2.75) is 45.4 Å². The summed E-state index contributed by atoms with van der Waals surface area (Å²) < 4.78 is 16.2. The molecule has 1 saturated carbocycles. The van der Waals surface area contributed by atoms with Crippen molar-refractivity contribution in [3.8, 4) is 11.5 Å². The Balaban J connectivity index is 0.00000312. The van der Waals surface area contributed by atoms with E-state index >= 15 is 0 Å².